The minimum absolute atomic E-state index is 0.0617. The molecule has 0 spiro atoms. The molecule has 1 N–H and O–H groups in total. The summed E-state index contributed by atoms with van der Waals surface area (Å²) in [5.41, 5.74) is 1.96. The van der Waals surface area contributed by atoms with Crippen molar-refractivity contribution in [1.29, 1.82) is 0 Å². The summed E-state index contributed by atoms with van der Waals surface area (Å²) >= 11 is 1.38. The summed E-state index contributed by atoms with van der Waals surface area (Å²) in [5.74, 6) is 0.779. The van der Waals surface area contributed by atoms with E-state index in [4.69, 9.17) is 0 Å². The van der Waals surface area contributed by atoms with Crippen molar-refractivity contribution in [2.75, 3.05) is 23.4 Å². The Morgan fingerprint density at radius 1 is 1.23 bits per heavy atom. The van der Waals surface area contributed by atoms with Gasteiger partial charge < -0.3 is 10.2 Å². The molecule has 120 valence electrons. The molecule has 1 aromatic carbocycles. The fourth-order valence-corrected chi connectivity index (χ4v) is 3.32. The van der Waals surface area contributed by atoms with Crippen molar-refractivity contribution in [2.24, 2.45) is 0 Å². The molecule has 5 heteroatoms. The van der Waals surface area contributed by atoms with Crippen LogP contribution in [0.5, 0.6) is 0 Å². The molecular weight excluding hydrogens is 296 g/mol. The molecule has 1 aliphatic heterocycles. The second kappa shape index (κ2) is 8.22. The summed E-state index contributed by atoms with van der Waals surface area (Å²) in [5, 5.41) is 2.85. The van der Waals surface area contributed by atoms with Crippen LogP contribution >= 0.6 is 11.8 Å². The molecule has 22 heavy (non-hydrogen) atoms. The van der Waals surface area contributed by atoms with Crippen LogP contribution < -0.4 is 5.32 Å². The molecule has 1 heterocycles. The lowest BCUT2D eigenvalue weighted by molar-refractivity contribution is -0.131. The van der Waals surface area contributed by atoms with Crippen LogP contribution in [-0.2, 0) is 9.59 Å². The van der Waals surface area contributed by atoms with Crippen molar-refractivity contribution < 1.29 is 9.59 Å². The first-order chi connectivity index (χ1) is 10.6. The lowest BCUT2D eigenvalue weighted by Crippen LogP contribution is -2.43. The highest BCUT2D eigenvalue weighted by Gasteiger charge is 2.22. The molecule has 4 nitrogen and oxygen atoms in total. The number of nitrogens with one attached hydrogen (secondary N) is 1. The van der Waals surface area contributed by atoms with Gasteiger partial charge in [-0.25, -0.2) is 0 Å². The summed E-state index contributed by atoms with van der Waals surface area (Å²) < 4.78 is 0. The minimum Gasteiger partial charge on any atom is -0.339 e. The molecule has 0 aromatic heterocycles. The van der Waals surface area contributed by atoms with Crippen molar-refractivity contribution in [3.63, 3.8) is 0 Å². The predicted molar refractivity (Wildman–Crippen MR) is 92.2 cm³/mol. The first-order valence-electron chi connectivity index (χ1n) is 7.80. The number of carbonyl (C=O) groups is 2. The number of rotatable bonds is 5. The number of anilines is 1. The van der Waals surface area contributed by atoms with E-state index >= 15 is 0 Å². The van der Waals surface area contributed by atoms with E-state index < -0.39 is 0 Å². The standard InChI is InChI=1S/C17H24N2O2S/c1-13-6-8-15(9-7-13)18-16(20)11-22-12-17(21)19-10-4-3-5-14(19)2/h6-9,14H,3-5,10-12H2,1-2H3,(H,18,20). The van der Waals surface area contributed by atoms with Crippen molar-refractivity contribution in [3.8, 4) is 0 Å². The summed E-state index contributed by atoms with van der Waals surface area (Å²) in [4.78, 5) is 26.0. The van der Waals surface area contributed by atoms with Gasteiger partial charge in [0.1, 0.15) is 0 Å². The quantitative estimate of drug-likeness (QED) is 0.907. The Kier molecular flexibility index (Phi) is 6.31. The molecule has 1 saturated heterocycles. The highest BCUT2D eigenvalue weighted by molar-refractivity contribution is 8.00. The Hall–Kier alpha value is -1.49. The molecule has 1 atom stereocenters. The first-order valence-corrected chi connectivity index (χ1v) is 8.95. The zero-order chi connectivity index (χ0) is 15.9. The third-order valence-electron chi connectivity index (χ3n) is 3.92. The molecule has 0 aliphatic carbocycles. The molecular formula is C17H24N2O2S. The number of amides is 2. The topological polar surface area (TPSA) is 49.4 Å². The van der Waals surface area contributed by atoms with Gasteiger partial charge in [-0.05, 0) is 45.2 Å². The number of likely N-dealkylation sites (tertiary alicyclic amines) is 1. The van der Waals surface area contributed by atoms with Crippen LogP contribution in [0.4, 0.5) is 5.69 Å². The van der Waals surface area contributed by atoms with E-state index in [0.29, 0.717) is 17.5 Å². The largest absolute Gasteiger partial charge is 0.339 e. The minimum atomic E-state index is -0.0617. The number of hydrogen-bond acceptors (Lipinski definition) is 3. The summed E-state index contributed by atoms with van der Waals surface area (Å²) in [7, 11) is 0. The van der Waals surface area contributed by atoms with E-state index in [2.05, 4.69) is 12.2 Å². The van der Waals surface area contributed by atoms with E-state index in [-0.39, 0.29) is 11.8 Å². The van der Waals surface area contributed by atoms with Crippen LogP contribution in [0.3, 0.4) is 0 Å². The Morgan fingerprint density at radius 3 is 2.64 bits per heavy atom. The average Bonchev–Trinajstić information content (AvgIpc) is 2.50. The number of piperidine rings is 1. The Balaban J connectivity index is 1.70. The van der Waals surface area contributed by atoms with E-state index in [1.807, 2.05) is 36.1 Å². The highest BCUT2D eigenvalue weighted by atomic mass is 32.2. The number of hydrogen-bond donors (Lipinski definition) is 1. The second-order valence-corrected chi connectivity index (χ2v) is 6.82. The van der Waals surface area contributed by atoms with Gasteiger partial charge >= 0.3 is 0 Å². The van der Waals surface area contributed by atoms with Gasteiger partial charge in [0.2, 0.25) is 11.8 Å². The second-order valence-electron chi connectivity index (χ2n) is 5.84. The Bertz CT molecular complexity index is 516. The van der Waals surface area contributed by atoms with Gasteiger partial charge in [0.25, 0.3) is 0 Å². The van der Waals surface area contributed by atoms with E-state index in [1.165, 1.54) is 18.2 Å². The highest BCUT2D eigenvalue weighted by Crippen LogP contribution is 2.18. The normalized spacial score (nSPS) is 18.1. The Morgan fingerprint density at radius 2 is 1.95 bits per heavy atom. The molecule has 0 bridgehead atoms. The molecule has 2 rings (SSSR count). The molecule has 1 unspecified atom stereocenters. The first kappa shape index (κ1) is 16.9. The zero-order valence-corrected chi connectivity index (χ0v) is 14.1. The van der Waals surface area contributed by atoms with Crippen molar-refractivity contribution in [2.45, 2.75) is 39.2 Å². The Labute approximate surface area is 136 Å². The third-order valence-corrected chi connectivity index (χ3v) is 4.83. The molecule has 0 radical (unpaired) electrons. The molecule has 1 aromatic rings. The summed E-state index contributed by atoms with van der Waals surface area (Å²) in [6.07, 6.45) is 3.38. The number of nitrogens with zero attached hydrogens (tertiary/aromatic N) is 1. The van der Waals surface area contributed by atoms with Gasteiger partial charge in [0, 0.05) is 18.3 Å². The van der Waals surface area contributed by atoms with Crippen molar-refractivity contribution >= 4 is 29.3 Å². The number of carbonyl (C=O) groups excluding carboxylic acids is 2. The van der Waals surface area contributed by atoms with Gasteiger partial charge in [-0.1, -0.05) is 17.7 Å². The fraction of sp³-hybridized carbons (Fsp3) is 0.529. The predicted octanol–water partition coefficient (Wildman–Crippen LogP) is 3.07. The SMILES string of the molecule is Cc1ccc(NC(=O)CSCC(=O)N2CCCCC2C)cc1. The summed E-state index contributed by atoms with van der Waals surface area (Å²) in [6.45, 7) is 4.97. The summed E-state index contributed by atoms with van der Waals surface area (Å²) in [6, 6.07) is 8.04. The van der Waals surface area contributed by atoms with Crippen molar-refractivity contribution in [1.82, 2.24) is 4.90 Å². The number of thioether (sulfide) groups is 1. The van der Waals surface area contributed by atoms with Crippen molar-refractivity contribution in [3.05, 3.63) is 29.8 Å². The third kappa shape index (κ3) is 5.05. The van der Waals surface area contributed by atoms with E-state index in [9.17, 15) is 9.59 Å². The van der Waals surface area contributed by atoms with Crippen LogP contribution in [0.2, 0.25) is 0 Å². The monoisotopic (exact) mass is 320 g/mol. The van der Waals surface area contributed by atoms with E-state index in [1.54, 1.807) is 0 Å². The average molecular weight is 320 g/mol. The molecule has 2 amide bonds. The molecule has 1 aliphatic rings. The van der Waals surface area contributed by atoms with Gasteiger partial charge in [0.05, 0.1) is 11.5 Å². The van der Waals surface area contributed by atoms with E-state index in [0.717, 1.165) is 30.6 Å². The maximum atomic E-state index is 12.2. The van der Waals surface area contributed by atoms with Gasteiger partial charge in [0.15, 0.2) is 0 Å². The van der Waals surface area contributed by atoms with Gasteiger partial charge in [-0.15, -0.1) is 11.8 Å². The fourth-order valence-electron chi connectivity index (χ4n) is 2.62. The maximum absolute atomic E-state index is 12.2. The van der Waals surface area contributed by atoms with Crippen LogP contribution in [0, 0.1) is 6.92 Å². The lowest BCUT2D eigenvalue weighted by atomic mass is 10.0. The number of benzene rings is 1. The lowest BCUT2D eigenvalue weighted by Gasteiger charge is -2.33. The number of aryl methyl sites for hydroxylation is 1. The van der Waals surface area contributed by atoms with Crippen LogP contribution in [0.1, 0.15) is 31.7 Å². The molecule has 1 fully saturated rings. The maximum Gasteiger partial charge on any atom is 0.234 e. The van der Waals surface area contributed by atoms with Crippen LogP contribution in [-0.4, -0.2) is 40.8 Å². The van der Waals surface area contributed by atoms with Gasteiger partial charge in [-0.3, -0.25) is 9.59 Å². The van der Waals surface area contributed by atoms with Gasteiger partial charge in [-0.2, -0.15) is 0 Å². The molecule has 0 saturated carbocycles. The van der Waals surface area contributed by atoms with Crippen LogP contribution in [0.25, 0.3) is 0 Å². The smallest absolute Gasteiger partial charge is 0.234 e. The van der Waals surface area contributed by atoms with Crippen LogP contribution in [0.15, 0.2) is 24.3 Å². The zero-order valence-electron chi connectivity index (χ0n) is 13.3.